The fourth-order valence-corrected chi connectivity index (χ4v) is 5.35. The van der Waals surface area contributed by atoms with Crippen LogP contribution in [0.15, 0.2) is 96.1 Å². The Hall–Kier alpha value is -1.09. The molecule has 28 heavy (non-hydrogen) atoms. The van der Waals surface area contributed by atoms with E-state index in [0.29, 0.717) is 0 Å². The summed E-state index contributed by atoms with van der Waals surface area (Å²) in [5, 5.41) is 2.95. The molecule has 0 N–H and O–H groups in total. The van der Waals surface area contributed by atoms with Crippen LogP contribution in [0.2, 0.25) is 0 Å². The van der Waals surface area contributed by atoms with E-state index >= 15 is 0 Å². The molecule has 2 aliphatic rings. The van der Waals surface area contributed by atoms with Crippen molar-refractivity contribution in [2.45, 2.75) is 26.7 Å². The summed E-state index contributed by atoms with van der Waals surface area (Å²) in [6, 6.07) is 21.5. The number of hydrogen-bond donors (Lipinski definition) is 0. The van der Waals surface area contributed by atoms with E-state index in [1.54, 1.807) is 0 Å². The van der Waals surface area contributed by atoms with Crippen molar-refractivity contribution in [1.29, 1.82) is 0 Å². The fourth-order valence-electron chi connectivity index (χ4n) is 2.41. The van der Waals surface area contributed by atoms with Crippen molar-refractivity contribution in [2.24, 2.45) is 0 Å². The summed E-state index contributed by atoms with van der Waals surface area (Å²) in [5.41, 5.74) is 2.55. The molecule has 4 heteroatoms. The van der Waals surface area contributed by atoms with Crippen LogP contribution in [-0.2, 0) is 19.2 Å². The van der Waals surface area contributed by atoms with Crippen LogP contribution in [0.3, 0.4) is 0 Å². The molecule has 0 saturated carbocycles. The molecule has 4 rings (SSSR count). The summed E-state index contributed by atoms with van der Waals surface area (Å²) in [7, 11) is 0. The Morgan fingerprint density at radius 1 is 0.679 bits per heavy atom. The van der Waals surface area contributed by atoms with Crippen molar-refractivity contribution >= 4 is 16.6 Å². The van der Waals surface area contributed by atoms with Gasteiger partial charge in [-0.1, -0.05) is 13.8 Å². The second kappa shape index (κ2) is 15.8. The quantitative estimate of drug-likeness (QED) is 0.389. The zero-order valence-electron chi connectivity index (χ0n) is 16.3. The van der Waals surface area contributed by atoms with Gasteiger partial charge in [-0.2, -0.15) is 12.2 Å². The predicted octanol–water partition coefficient (Wildman–Crippen LogP) is -1.26. The van der Waals surface area contributed by atoms with E-state index in [-0.39, 0.29) is 24.8 Å². The molecule has 0 aromatic heterocycles. The second-order valence-electron chi connectivity index (χ2n) is 6.04. The topological polar surface area (TPSA) is 0 Å². The van der Waals surface area contributed by atoms with E-state index < -0.39 is 6.19 Å². The van der Waals surface area contributed by atoms with E-state index in [1.165, 1.54) is 21.5 Å². The summed E-state index contributed by atoms with van der Waals surface area (Å²) in [4.78, 5) is 0. The summed E-state index contributed by atoms with van der Waals surface area (Å²) < 4.78 is 0. The molecule has 2 aliphatic carbocycles. The molecule has 0 bridgehead atoms. The number of hydrogen-bond acceptors (Lipinski definition) is 0. The minimum atomic E-state index is -0.545. The number of allylic oxidation sites excluding steroid dienone is 8. The van der Waals surface area contributed by atoms with Crippen LogP contribution in [0, 0.1) is 12.2 Å². The van der Waals surface area contributed by atoms with Gasteiger partial charge in [-0.3, -0.25) is 12.2 Å². The zero-order chi connectivity index (χ0) is 18.6. The van der Waals surface area contributed by atoms with Crippen LogP contribution < -0.4 is 35.2 Å². The maximum atomic E-state index is 3.12. The molecule has 144 valence electrons. The Morgan fingerprint density at radius 3 is 1.25 bits per heavy atom. The van der Waals surface area contributed by atoms with Gasteiger partial charge in [0.25, 0.3) is 0 Å². The normalized spacial score (nSPS) is 12.9. The van der Waals surface area contributed by atoms with E-state index in [2.05, 4.69) is 130 Å². The van der Waals surface area contributed by atoms with Crippen LogP contribution in [0.25, 0.3) is 0 Å². The van der Waals surface area contributed by atoms with Crippen molar-refractivity contribution in [3.05, 3.63) is 108 Å². The van der Waals surface area contributed by atoms with Gasteiger partial charge in [-0.05, 0) is 0 Å². The molecular weight excluding hydrogens is 435 g/mol. The van der Waals surface area contributed by atoms with Gasteiger partial charge in [-0.15, -0.1) is 12.8 Å². The van der Waals surface area contributed by atoms with E-state index in [9.17, 15) is 0 Å². The third-order valence-electron chi connectivity index (χ3n) is 3.86. The van der Waals surface area contributed by atoms with Crippen LogP contribution in [0.4, 0.5) is 0 Å². The van der Waals surface area contributed by atoms with E-state index in [0.717, 1.165) is 12.8 Å². The van der Waals surface area contributed by atoms with Gasteiger partial charge in [0, 0.05) is 0 Å². The molecule has 0 amide bonds. The Balaban J connectivity index is 0.000000437. The fraction of sp³-hybridized carbons (Fsp3) is 0.167. The Morgan fingerprint density at radius 2 is 1.04 bits per heavy atom. The van der Waals surface area contributed by atoms with Gasteiger partial charge in [-0.25, -0.2) is 23.3 Å². The first kappa shape index (κ1) is 26.9. The molecular formula is C24H24Cl2SiTi-2. The van der Waals surface area contributed by atoms with Crippen molar-refractivity contribution in [3.8, 4) is 0 Å². The molecule has 0 atom stereocenters. The average Bonchev–Trinajstić information content (AvgIpc) is 3.37. The monoisotopic (exact) mass is 458 g/mol. The third kappa shape index (κ3) is 10.5. The molecule has 0 heterocycles. The van der Waals surface area contributed by atoms with Crippen LogP contribution in [0.1, 0.15) is 26.7 Å². The molecule has 0 unspecified atom stereocenters. The number of halogens is 2. The minimum absolute atomic E-state index is 0. The van der Waals surface area contributed by atoms with Crippen molar-refractivity contribution < 1.29 is 44.0 Å². The van der Waals surface area contributed by atoms with Gasteiger partial charge >= 0.3 is 96.4 Å². The standard InChI is InChI=1S/C12H10Si.2C6H7.2ClH.Ti/c1-3-7-11(8-4-1)13-12-9-5-2-6-10-12;2*1-6-4-2-3-5-6;;;/h1-10H;2*2,4H,3H2,1H3;2*1H;/q;2*-1;;;+2/p-2. The van der Waals surface area contributed by atoms with Crippen molar-refractivity contribution in [3.63, 3.8) is 0 Å². The predicted molar refractivity (Wildman–Crippen MR) is 110 cm³/mol. The van der Waals surface area contributed by atoms with Crippen LogP contribution in [-0.4, -0.2) is 6.19 Å². The van der Waals surface area contributed by atoms with Gasteiger partial charge in [0.1, 0.15) is 0 Å². The molecule has 2 aromatic rings. The first-order valence-electron chi connectivity index (χ1n) is 8.84. The second-order valence-corrected chi connectivity index (χ2v) is 10.3. The first-order chi connectivity index (χ1) is 12.7. The third-order valence-corrected chi connectivity index (χ3v) is 8.38. The Kier molecular flexibility index (Phi) is 15.2. The zero-order valence-corrected chi connectivity index (χ0v) is 20.3. The van der Waals surface area contributed by atoms with E-state index in [4.69, 9.17) is 0 Å². The maximum absolute atomic E-state index is 3.12. The molecule has 0 aliphatic heterocycles. The summed E-state index contributed by atoms with van der Waals surface area (Å²) in [6.07, 6.45) is 16.1. The number of rotatable bonds is 2. The van der Waals surface area contributed by atoms with Crippen LogP contribution >= 0.6 is 0 Å². The van der Waals surface area contributed by atoms with Crippen LogP contribution in [0.5, 0.6) is 0 Å². The molecule has 0 saturated heterocycles. The molecule has 0 radical (unpaired) electrons. The molecule has 2 aromatic carbocycles. The van der Waals surface area contributed by atoms with Gasteiger partial charge in [0.05, 0.1) is 0 Å². The summed E-state index contributed by atoms with van der Waals surface area (Å²) in [6.45, 7) is 4.12. The first-order valence-corrected chi connectivity index (χ1v) is 12.7. The summed E-state index contributed by atoms with van der Waals surface area (Å²) in [5.74, 6) is 0. The average molecular weight is 459 g/mol. The van der Waals surface area contributed by atoms with Gasteiger partial charge < -0.3 is 24.8 Å². The molecule has 0 spiro atoms. The van der Waals surface area contributed by atoms with Crippen molar-refractivity contribution in [1.82, 2.24) is 0 Å². The number of benzene rings is 2. The SMILES string of the molecule is CC1=[C-]CC=C1.CC1=[C-]CC=C1.[Cl-].[Cl-].[Ti+2]=[Si](c1ccccc1)c1ccccc1. The Bertz CT molecular complexity index is 747. The van der Waals surface area contributed by atoms with Crippen molar-refractivity contribution in [2.75, 3.05) is 0 Å². The molecule has 0 nitrogen and oxygen atoms in total. The van der Waals surface area contributed by atoms with Gasteiger partial charge in [0.2, 0.25) is 0 Å². The summed E-state index contributed by atoms with van der Waals surface area (Å²) >= 11 is 2.34. The van der Waals surface area contributed by atoms with Gasteiger partial charge in [0.15, 0.2) is 0 Å². The van der Waals surface area contributed by atoms with E-state index in [1.807, 2.05) is 0 Å². The Labute approximate surface area is 194 Å². The molecule has 0 fully saturated rings.